The number of hydrogen-bond donors (Lipinski definition) is 0. The average Bonchev–Trinajstić information content (AvgIpc) is 2.93. The molecule has 4 rings (SSSR count). The predicted octanol–water partition coefficient (Wildman–Crippen LogP) is 2.88. The SMILES string of the molecule is Clc1ccc(-n2cc(N3CCOCC3)c3/c2=C\CC/C=C\C=3)cc1. The van der Waals surface area contributed by atoms with Crippen LogP contribution in [0.4, 0.5) is 5.69 Å². The van der Waals surface area contributed by atoms with Gasteiger partial charge in [-0.2, -0.15) is 0 Å². The Labute approximate surface area is 147 Å². The number of morpholine rings is 1. The zero-order valence-corrected chi connectivity index (χ0v) is 14.4. The summed E-state index contributed by atoms with van der Waals surface area (Å²) in [5.41, 5.74) is 2.43. The molecule has 0 bridgehead atoms. The molecule has 0 atom stereocenters. The van der Waals surface area contributed by atoms with Gasteiger partial charge < -0.3 is 14.2 Å². The number of ether oxygens (including phenoxy) is 1. The van der Waals surface area contributed by atoms with Crippen LogP contribution in [0.1, 0.15) is 12.8 Å². The summed E-state index contributed by atoms with van der Waals surface area (Å²) in [7, 11) is 0. The maximum Gasteiger partial charge on any atom is 0.0642 e. The summed E-state index contributed by atoms with van der Waals surface area (Å²) >= 11 is 6.06. The van der Waals surface area contributed by atoms with Crippen molar-refractivity contribution in [3.8, 4) is 5.69 Å². The molecule has 0 unspecified atom stereocenters. The van der Waals surface area contributed by atoms with Gasteiger partial charge in [0, 0.05) is 35.2 Å². The molecule has 2 aromatic rings. The molecular formula is C20H21ClN2O. The lowest BCUT2D eigenvalue weighted by Gasteiger charge is -2.28. The van der Waals surface area contributed by atoms with Crippen LogP contribution >= 0.6 is 11.6 Å². The van der Waals surface area contributed by atoms with E-state index in [1.807, 2.05) is 12.1 Å². The zero-order chi connectivity index (χ0) is 16.4. The van der Waals surface area contributed by atoms with Gasteiger partial charge in [-0.25, -0.2) is 0 Å². The smallest absolute Gasteiger partial charge is 0.0642 e. The van der Waals surface area contributed by atoms with Crippen LogP contribution in [0.25, 0.3) is 17.8 Å². The molecular weight excluding hydrogens is 320 g/mol. The highest BCUT2D eigenvalue weighted by atomic mass is 35.5. The molecule has 124 valence electrons. The van der Waals surface area contributed by atoms with Gasteiger partial charge in [-0.05, 0) is 37.1 Å². The Balaban J connectivity index is 1.91. The molecule has 0 N–H and O–H groups in total. The van der Waals surface area contributed by atoms with Crippen molar-refractivity contribution in [2.45, 2.75) is 12.8 Å². The molecule has 3 nitrogen and oxygen atoms in total. The van der Waals surface area contributed by atoms with E-state index in [1.54, 1.807) is 0 Å². The van der Waals surface area contributed by atoms with Gasteiger partial charge in [0.2, 0.25) is 0 Å². The highest BCUT2D eigenvalue weighted by Crippen LogP contribution is 2.16. The van der Waals surface area contributed by atoms with Crippen molar-refractivity contribution in [1.29, 1.82) is 0 Å². The summed E-state index contributed by atoms with van der Waals surface area (Å²) in [6, 6.07) is 8.05. The number of rotatable bonds is 2. The Morgan fingerprint density at radius 1 is 1.00 bits per heavy atom. The molecule has 2 aliphatic rings. The maximum absolute atomic E-state index is 6.06. The van der Waals surface area contributed by atoms with Gasteiger partial charge in [-0.1, -0.05) is 35.9 Å². The molecule has 1 aromatic heterocycles. The van der Waals surface area contributed by atoms with Crippen LogP contribution in [0.5, 0.6) is 0 Å². The number of allylic oxidation sites excluding steroid dienone is 2. The van der Waals surface area contributed by atoms with Crippen LogP contribution in [0.15, 0.2) is 42.6 Å². The van der Waals surface area contributed by atoms with Gasteiger partial charge in [0.15, 0.2) is 0 Å². The fourth-order valence-electron chi connectivity index (χ4n) is 3.35. The Morgan fingerprint density at radius 2 is 1.79 bits per heavy atom. The molecule has 1 fully saturated rings. The number of nitrogens with zero attached hydrogens (tertiary/aromatic N) is 2. The number of hydrogen-bond acceptors (Lipinski definition) is 2. The van der Waals surface area contributed by atoms with Crippen LogP contribution in [0, 0.1) is 0 Å². The first kappa shape index (κ1) is 15.6. The molecule has 1 aliphatic carbocycles. The number of fused-ring (bicyclic) bond motifs is 1. The molecule has 1 aliphatic heterocycles. The lowest BCUT2D eigenvalue weighted by molar-refractivity contribution is 0.122. The molecule has 0 amide bonds. The normalized spacial score (nSPS) is 21.6. The second-order valence-electron chi connectivity index (χ2n) is 6.14. The van der Waals surface area contributed by atoms with Gasteiger partial charge in [0.05, 0.1) is 24.3 Å². The first-order chi connectivity index (χ1) is 11.8. The zero-order valence-electron chi connectivity index (χ0n) is 13.6. The van der Waals surface area contributed by atoms with Crippen molar-refractivity contribution in [3.05, 3.63) is 58.2 Å². The van der Waals surface area contributed by atoms with E-state index in [-0.39, 0.29) is 0 Å². The van der Waals surface area contributed by atoms with Gasteiger partial charge in [0.1, 0.15) is 0 Å². The third-order valence-electron chi connectivity index (χ3n) is 4.59. The van der Waals surface area contributed by atoms with Crippen molar-refractivity contribution in [2.75, 3.05) is 31.2 Å². The lowest BCUT2D eigenvalue weighted by atomic mass is 10.2. The quantitative estimate of drug-likeness (QED) is 0.836. The number of benzene rings is 1. The summed E-state index contributed by atoms with van der Waals surface area (Å²) in [6.07, 6.45) is 13.4. The molecule has 0 radical (unpaired) electrons. The first-order valence-corrected chi connectivity index (χ1v) is 8.88. The van der Waals surface area contributed by atoms with Gasteiger partial charge >= 0.3 is 0 Å². The molecule has 24 heavy (non-hydrogen) atoms. The summed E-state index contributed by atoms with van der Waals surface area (Å²) in [6.45, 7) is 3.46. The Kier molecular flexibility index (Phi) is 4.46. The minimum Gasteiger partial charge on any atom is -0.378 e. The summed E-state index contributed by atoms with van der Waals surface area (Å²) in [5, 5.41) is 3.33. The van der Waals surface area contributed by atoms with Crippen molar-refractivity contribution >= 4 is 29.4 Å². The highest BCUT2D eigenvalue weighted by molar-refractivity contribution is 6.30. The molecule has 4 heteroatoms. The van der Waals surface area contributed by atoms with Crippen LogP contribution in [-0.4, -0.2) is 30.9 Å². The largest absolute Gasteiger partial charge is 0.378 e. The van der Waals surface area contributed by atoms with Crippen molar-refractivity contribution in [1.82, 2.24) is 4.57 Å². The van der Waals surface area contributed by atoms with Crippen molar-refractivity contribution in [2.24, 2.45) is 0 Å². The minimum atomic E-state index is 0.765. The molecule has 1 aromatic carbocycles. The second-order valence-corrected chi connectivity index (χ2v) is 6.57. The fourth-order valence-corrected chi connectivity index (χ4v) is 3.48. The molecule has 2 heterocycles. The van der Waals surface area contributed by atoms with Crippen LogP contribution in [0.3, 0.4) is 0 Å². The second kappa shape index (κ2) is 6.88. The first-order valence-electron chi connectivity index (χ1n) is 8.50. The molecule has 1 saturated heterocycles. The van der Waals surface area contributed by atoms with Crippen molar-refractivity contribution in [3.63, 3.8) is 0 Å². The molecule has 0 spiro atoms. The third kappa shape index (κ3) is 3.02. The van der Waals surface area contributed by atoms with E-state index < -0.39 is 0 Å². The predicted molar refractivity (Wildman–Crippen MR) is 100 cm³/mol. The number of aromatic nitrogens is 1. The summed E-state index contributed by atoms with van der Waals surface area (Å²) in [4.78, 5) is 2.43. The Hall–Kier alpha value is -1.97. The maximum atomic E-state index is 6.06. The Morgan fingerprint density at radius 3 is 2.58 bits per heavy atom. The number of halogens is 1. The number of anilines is 1. The summed E-state index contributed by atoms with van der Waals surface area (Å²) < 4.78 is 7.80. The monoisotopic (exact) mass is 340 g/mol. The van der Waals surface area contributed by atoms with E-state index in [0.717, 1.165) is 49.9 Å². The van der Waals surface area contributed by atoms with E-state index in [9.17, 15) is 0 Å². The van der Waals surface area contributed by atoms with E-state index in [0.29, 0.717) is 0 Å². The van der Waals surface area contributed by atoms with Gasteiger partial charge in [-0.15, -0.1) is 0 Å². The topological polar surface area (TPSA) is 17.4 Å². The molecule has 0 saturated carbocycles. The Bertz CT molecular complexity index is 858. The fraction of sp³-hybridized carbons (Fsp3) is 0.300. The highest BCUT2D eigenvalue weighted by Gasteiger charge is 2.16. The average molecular weight is 341 g/mol. The minimum absolute atomic E-state index is 0.765. The van der Waals surface area contributed by atoms with Crippen LogP contribution < -0.4 is 15.5 Å². The van der Waals surface area contributed by atoms with E-state index in [4.69, 9.17) is 16.3 Å². The van der Waals surface area contributed by atoms with E-state index in [2.05, 4.69) is 52.1 Å². The van der Waals surface area contributed by atoms with Crippen LogP contribution in [0.2, 0.25) is 5.02 Å². The third-order valence-corrected chi connectivity index (χ3v) is 4.84. The van der Waals surface area contributed by atoms with Crippen molar-refractivity contribution < 1.29 is 4.74 Å². The standard InChI is InChI=1S/C20H21ClN2O/c21-16-7-9-17(10-8-16)23-15-20(22-11-13-24-14-12-22)18-5-3-1-2-4-6-19(18)23/h1,3,5-10,15H,2,4,11-14H2/b3-1-,18-5+,19-6+. The van der Waals surface area contributed by atoms with E-state index >= 15 is 0 Å². The van der Waals surface area contributed by atoms with E-state index in [1.165, 1.54) is 16.3 Å². The lowest BCUT2D eigenvalue weighted by Crippen LogP contribution is -2.40. The van der Waals surface area contributed by atoms with Gasteiger partial charge in [0.25, 0.3) is 0 Å². The summed E-state index contributed by atoms with van der Waals surface area (Å²) in [5.74, 6) is 0. The van der Waals surface area contributed by atoms with Gasteiger partial charge in [-0.3, -0.25) is 0 Å². The van der Waals surface area contributed by atoms with Crippen LogP contribution in [-0.2, 0) is 4.74 Å².